The van der Waals surface area contributed by atoms with Gasteiger partial charge in [-0.15, -0.1) is 11.3 Å². The summed E-state index contributed by atoms with van der Waals surface area (Å²) >= 11 is 1.71. The van der Waals surface area contributed by atoms with Crippen molar-refractivity contribution in [2.75, 3.05) is 7.05 Å². The van der Waals surface area contributed by atoms with E-state index < -0.39 is 0 Å². The molecule has 0 aliphatic carbocycles. The Morgan fingerprint density at radius 1 is 1.26 bits per heavy atom. The zero-order chi connectivity index (χ0) is 16.2. The molecule has 4 nitrogen and oxygen atoms in total. The first-order valence-electron chi connectivity index (χ1n) is 7.75. The monoisotopic (exact) mass is 328 g/mol. The van der Waals surface area contributed by atoms with Crippen molar-refractivity contribution in [2.45, 2.75) is 32.7 Å². The molecular formula is C18H20N2O2S. The van der Waals surface area contributed by atoms with Crippen molar-refractivity contribution < 1.29 is 9.21 Å². The van der Waals surface area contributed by atoms with E-state index in [1.165, 1.54) is 4.70 Å². The first-order chi connectivity index (χ1) is 11.1. The summed E-state index contributed by atoms with van der Waals surface area (Å²) in [6, 6.07) is 12.0. The molecule has 0 aliphatic heterocycles. The lowest BCUT2D eigenvalue weighted by atomic mass is 10.2. The Morgan fingerprint density at radius 3 is 2.83 bits per heavy atom. The predicted molar refractivity (Wildman–Crippen MR) is 92.5 cm³/mol. The Labute approximate surface area is 139 Å². The average molecular weight is 328 g/mol. The van der Waals surface area contributed by atoms with E-state index in [0.717, 1.165) is 34.9 Å². The molecule has 120 valence electrons. The minimum absolute atomic E-state index is 0.139. The molecule has 0 spiro atoms. The van der Waals surface area contributed by atoms with Gasteiger partial charge in [0.15, 0.2) is 0 Å². The summed E-state index contributed by atoms with van der Waals surface area (Å²) in [5, 5.41) is 1.10. The molecule has 3 aromatic rings. The minimum atomic E-state index is 0.139. The van der Waals surface area contributed by atoms with Crippen molar-refractivity contribution >= 4 is 27.5 Å². The van der Waals surface area contributed by atoms with Crippen LogP contribution in [0, 0.1) is 6.92 Å². The summed E-state index contributed by atoms with van der Waals surface area (Å²) in [6.07, 6.45) is 2.20. The first kappa shape index (κ1) is 15.7. The Balaban J connectivity index is 1.48. The molecule has 0 atom stereocenters. The van der Waals surface area contributed by atoms with Crippen LogP contribution in [0.5, 0.6) is 0 Å². The molecule has 0 N–H and O–H groups in total. The number of amides is 1. The highest BCUT2D eigenvalue weighted by atomic mass is 32.1. The van der Waals surface area contributed by atoms with Crippen LogP contribution in [0.3, 0.4) is 0 Å². The number of furan rings is 1. The number of hydrogen-bond donors (Lipinski definition) is 0. The van der Waals surface area contributed by atoms with Gasteiger partial charge in [-0.05, 0) is 44.0 Å². The smallest absolute Gasteiger partial charge is 0.222 e. The molecule has 0 fully saturated rings. The Bertz CT molecular complexity index is 773. The van der Waals surface area contributed by atoms with E-state index in [2.05, 4.69) is 11.1 Å². The molecule has 0 radical (unpaired) electrons. The van der Waals surface area contributed by atoms with E-state index in [1.54, 1.807) is 16.2 Å². The van der Waals surface area contributed by atoms with Crippen molar-refractivity contribution in [3.8, 4) is 0 Å². The van der Waals surface area contributed by atoms with Crippen LogP contribution in [0.2, 0.25) is 0 Å². The van der Waals surface area contributed by atoms with Crippen molar-refractivity contribution in [2.24, 2.45) is 0 Å². The molecule has 0 unspecified atom stereocenters. The van der Waals surface area contributed by atoms with Gasteiger partial charge in [0.1, 0.15) is 11.5 Å². The van der Waals surface area contributed by atoms with E-state index in [-0.39, 0.29) is 5.91 Å². The second kappa shape index (κ2) is 6.96. The third kappa shape index (κ3) is 3.99. The summed E-state index contributed by atoms with van der Waals surface area (Å²) in [7, 11) is 1.82. The molecule has 2 aromatic heterocycles. The number of para-hydroxylation sites is 1. The second-order valence-electron chi connectivity index (χ2n) is 5.69. The molecule has 3 rings (SSSR count). The number of carbonyl (C=O) groups is 1. The lowest BCUT2D eigenvalue weighted by Gasteiger charge is -2.15. The topological polar surface area (TPSA) is 46.3 Å². The van der Waals surface area contributed by atoms with E-state index in [1.807, 2.05) is 44.3 Å². The van der Waals surface area contributed by atoms with Crippen LogP contribution >= 0.6 is 11.3 Å². The van der Waals surface area contributed by atoms with Gasteiger partial charge < -0.3 is 9.32 Å². The van der Waals surface area contributed by atoms with E-state index in [4.69, 9.17) is 4.42 Å². The number of benzene rings is 1. The van der Waals surface area contributed by atoms with Gasteiger partial charge in [0.05, 0.1) is 21.8 Å². The van der Waals surface area contributed by atoms with Crippen LogP contribution < -0.4 is 0 Å². The quantitative estimate of drug-likeness (QED) is 0.682. The van der Waals surface area contributed by atoms with E-state index >= 15 is 0 Å². The number of aromatic nitrogens is 1. The van der Waals surface area contributed by atoms with Gasteiger partial charge in [-0.25, -0.2) is 4.98 Å². The number of thiazole rings is 1. The lowest BCUT2D eigenvalue weighted by Crippen LogP contribution is -2.25. The van der Waals surface area contributed by atoms with Crippen molar-refractivity contribution in [1.29, 1.82) is 0 Å². The minimum Gasteiger partial charge on any atom is -0.464 e. The lowest BCUT2D eigenvalue weighted by molar-refractivity contribution is -0.130. The normalized spacial score (nSPS) is 11.0. The zero-order valence-electron chi connectivity index (χ0n) is 13.4. The van der Waals surface area contributed by atoms with Crippen LogP contribution in [-0.4, -0.2) is 22.8 Å². The SMILES string of the molecule is Cc1ccc(CN(C)C(=O)CCCc2nc3ccccc3s2)o1. The maximum absolute atomic E-state index is 12.2. The molecule has 0 saturated carbocycles. The average Bonchev–Trinajstić information content (AvgIpc) is 3.12. The van der Waals surface area contributed by atoms with Crippen molar-refractivity contribution in [3.05, 3.63) is 52.9 Å². The van der Waals surface area contributed by atoms with Gasteiger partial charge in [0.25, 0.3) is 0 Å². The molecule has 1 amide bonds. The zero-order valence-corrected chi connectivity index (χ0v) is 14.2. The highest BCUT2D eigenvalue weighted by Gasteiger charge is 2.12. The summed E-state index contributed by atoms with van der Waals surface area (Å²) in [5.74, 6) is 1.83. The van der Waals surface area contributed by atoms with Gasteiger partial charge in [-0.1, -0.05) is 12.1 Å². The Morgan fingerprint density at radius 2 is 2.09 bits per heavy atom. The Kier molecular flexibility index (Phi) is 4.76. The summed E-state index contributed by atoms with van der Waals surface area (Å²) < 4.78 is 6.72. The number of nitrogens with zero attached hydrogens (tertiary/aromatic N) is 2. The molecule has 5 heteroatoms. The summed E-state index contributed by atoms with van der Waals surface area (Å²) in [5.41, 5.74) is 1.05. The molecule has 1 aromatic carbocycles. The summed E-state index contributed by atoms with van der Waals surface area (Å²) in [4.78, 5) is 18.5. The highest BCUT2D eigenvalue weighted by molar-refractivity contribution is 7.18. The third-order valence-electron chi connectivity index (χ3n) is 3.73. The molecular weight excluding hydrogens is 308 g/mol. The van der Waals surface area contributed by atoms with E-state index in [9.17, 15) is 4.79 Å². The van der Waals surface area contributed by atoms with Crippen molar-refractivity contribution in [1.82, 2.24) is 9.88 Å². The number of rotatable bonds is 6. The van der Waals surface area contributed by atoms with Gasteiger partial charge >= 0.3 is 0 Å². The van der Waals surface area contributed by atoms with Crippen molar-refractivity contribution in [3.63, 3.8) is 0 Å². The van der Waals surface area contributed by atoms with E-state index in [0.29, 0.717) is 13.0 Å². The van der Waals surface area contributed by atoms with Gasteiger partial charge in [0.2, 0.25) is 5.91 Å². The van der Waals surface area contributed by atoms with Crippen LogP contribution in [0.1, 0.15) is 29.4 Å². The van der Waals surface area contributed by atoms with Crippen LogP contribution in [0.15, 0.2) is 40.8 Å². The predicted octanol–water partition coefficient (Wildman–Crippen LogP) is 4.18. The van der Waals surface area contributed by atoms with Gasteiger partial charge in [-0.2, -0.15) is 0 Å². The van der Waals surface area contributed by atoms with Crippen LogP contribution in [-0.2, 0) is 17.8 Å². The first-order valence-corrected chi connectivity index (χ1v) is 8.57. The second-order valence-corrected chi connectivity index (χ2v) is 6.81. The van der Waals surface area contributed by atoms with Gasteiger partial charge in [-0.3, -0.25) is 4.79 Å². The maximum Gasteiger partial charge on any atom is 0.222 e. The number of fused-ring (bicyclic) bond motifs is 1. The number of carbonyl (C=O) groups excluding carboxylic acids is 1. The Hall–Kier alpha value is -2.14. The highest BCUT2D eigenvalue weighted by Crippen LogP contribution is 2.22. The van der Waals surface area contributed by atoms with Crippen LogP contribution in [0.4, 0.5) is 0 Å². The molecule has 0 bridgehead atoms. The summed E-state index contributed by atoms with van der Waals surface area (Å²) in [6.45, 7) is 2.43. The number of aryl methyl sites for hydroxylation is 2. The molecule has 0 aliphatic rings. The maximum atomic E-state index is 12.2. The fourth-order valence-corrected chi connectivity index (χ4v) is 3.51. The fraction of sp³-hybridized carbons (Fsp3) is 0.333. The van der Waals surface area contributed by atoms with Crippen LogP contribution in [0.25, 0.3) is 10.2 Å². The standard InChI is InChI=1S/C18H20N2O2S/c1-13-10-11-14(22-13)12-20(2)18(21)9-5-8-17-19-15-6-3-4-7-16(15)23-17/h3-4,6-7,10-11H,5,8-9,12H2,1-2H3. The number of hydrogen-bond acceptors (Lipinski definition) is 4. The van der Waals surface area contributed by atoms with Gasteiger partial charge in [0, 0.05) is 13.5 Å². The molecule has 0 saturated heterocycles. The fourth-order valence-electron chi connectivity index (χ4n) is 2.50. The third-order valence-corrected chi connectivity index (χ3v) is 4.83. The largest absolute Gasteiger partial charge is 0.464 e. The molecule has 23 heavy (non-hydrogen) atoms. The molecule has 2 heterocycles.